The molecule has 0 unspecified atom stereocenters. The van der Waals surface area contributed by atoms with E-state index in [4.69, 9.17) is 9.47 Å². The molecule has 1 heterocycles. The number of rotatable bonds is 10. The topological polar surface area (TPSA) is 177 Å². The summed E-state index contributed by atoms with van der Waals surface area (Å²) in [6.45, 7) is 0.338. The van der Waals surface area contributed by atoms with Crippen LogP contribution in [0.1, 0.15) is 25.3 Å². The smallest absolute Gasteiger partial charge is 0.544 e. The molecule has 1 aromatic rings. The van der Waals surface area contributed by atoms with Crippen molar-refractivity contribution in [2.24, 2.45) is 0 Å². The van der Waals surface area contributed by atoms with Crippen LogP contribution in [0.5, 0.6) is 0 Å². The molecule has 2 amide bonds. The molecule has 178 valence electrons. The maximum Gasteiger partial charge on any atom is 1.00 e. The van der Waals surface area contributed by atoms with E-state index in [0.29, 0.717) is 6.42 Å². The number of methoxy groups -OCH3 is 1. The van der Waals surface area contributed by atoms with Crippen LogP contribution in [0.3, 0.4) is 0 Å². The van der Waals surface area contributed by atoms with E-state index in [0.717, 1.165) is 12.7 Å². The van der Waals surface area contributed by atoms with Crippen LogP contribution in [0.2, 0.25) is 0 Å². The SMILES string of the molecule is CO[C@]1(C(=O)[O-])C[C@H](NC(=O)CCc2ccccc2)[C@@H](NC(C)=O)[C@H]([C@H](O)[C@H](O)CO)O1.[Na+]. The first kappa shape index (κ1) is 29.5. The van der Waals surface area contributed by atoms with E-state index in [1.165, 1.54) is 6.92 Å². The molecule has 0 spiro atoms. The number of hydrogen-bond acceptors (Lipinski definition) is 9. The summed E-state index contributed by atoms with van der Waals surface area (Å²) in [5.41, 5.74) is 0.924. The third kappa shape index (κ3) is 7.72. The number of carbonyl (C=O) groups excluding carboxylic acids is 3. The van der Waals surface area contributed by atoms with Crippen molar-refractivity contribution in [3.63, 3.8) is 0 Å². The van der Waals surface area contributed by atoms with Gasteiger partial charge in [-0.15, -0.1) is 0 Å². The molecule has 11 nitrogen and oxygen atoms in total. The van der Waals surface area contributed by atoms with E-state index in [1.54, 1.807) is 0 Å². The zero-order valence-electron chi connectivity index (χ0n) is 18.9. The second-order valence-corrected chi connectivity index (χ2v) is 7.66. The average Bonchev–Trinajstić information content (AvgIpc) is 2.77. The summed E-state index contributed by atoms with van der Waals surface area (Å²) in [6.07, 6.45) is -5.01. The molecule has 0 aliphatic carbocycles. The Balaban J connectivity index is 0.00000544. The number of aryl methyl sites for hydroxylation is 1. The first-order valence-electron chi connectivity index (χ1n) is 10.1. The van der Waals surface area contributed by atoms with Crippen LogP contribution in [0.15, 0.2) is 30.3 Å². The Morgan fingerprint density at radius 2 is 1.88 bits per heavy atom. The average molecular weight is 476 g/mol. The summed E-state index contributed by atoms with van der Waals surface area (Å²) in [7, 11) is 1.05. The number of aliphatic hydroxyl groups is 3. The molecule has 1 aliphatic heterocycles. The number of carbonyl (C=O) groups is 3. The predicted molar refractivity (Wildman–Crippen MR) is 108 cm³/mol. The maximum atomic E-state index is 12.6. The zero-order chi connectivity index (χ0) is 23.9. The molecule has 33 heavy (non-hydrogen) atoms. The molecule has 0 bridgehead atoms. The van der Waals surface area contributed by atoms with Crippen molar-refractivity contribution in [2.45, 2.75) is 62.4 Å². The Hall–Kier alpha value is -1.57. The summed E-state index contributed by atoms with van der Waals surface area (Å²) < 4.78 is 10.5. The van der Waals surface area contributed by atoms with Gasteiger partial charge in [0, 0.05) is 26.9 Å². The minimum atomic E-state index is -2.37. The number of benzene rings is 1. The van der Waals surface area contributed by atoms with Gasteiger partial charge in [0.05, 0.1) is 18.7 Å². The quantitative estimate of drug-likeness (QED) is 0.206. The van der Waals surface area contributed by atoms with Crippen LogP contribution in [-0.2, 0) is 30.3 Å². The van der Waals surface area contributed by atoms with Gasteiger partial charge < -0.3 is 45.3 Å². The summed E-state index contributed by atoms with van der Waals surface area (Å²) in [4.78, 5) is 36.3. The fraction of sp³-hybridized carbons (Fsp3) is 0.571. The Labute approximate surface area is 213 Å². The minimum absolute atomic E-state index is 0. The van der Waals surface area contributed by atoms with Crippen molar-refractivity contribution in [3.05, 3.63) is 35.9 Å². The van der Waals surface area contributed by atoms with Crippen LogP contribution in [0.4, 0.5) is 0 Å². The van der Waals surface area contributed by atoms with Crippen LogP contribution in [0.25, 0.3) is 0 Å². The van der Waals surface area contributed by atoms with Gasteiger partial charge in [-0.25, -0.2) is 0 Å². The second-order valence-electron chi connectivity index (χ2n) is 7.66. The molecule has 12 heteroatoms. The molecule has 1 saturated heterocycles. The molecule has 6 atom stereocenters. The monoisotopic (exact) mass is 476 g/mol. The number of carboxylic acid groups (broad SMARTS) is 1. The van der Waals surface area contributed by atoms with E-state index >= 15 is 0 Å². The third-order valence-corrected chi connectivity index (χ3v) is 5.36. The Morgan fingerprint density at radius 1 is 1.24 bits per heavy atom. The molecule has 0 radical (unpaired) electrons. The van der Waals surface area contributed by atoms with Crippen molar-refractivity contribution in [3.8, 4) is 0 Å². The van der Waals surface area contributed by atoms with Crippen LogP contribution in [0, 0.1) is 0 Å². The van der Waals surface area contributed by atoms with Gasteiger partial charge in [0.25, 0.3) is 0 Å². The number of amides is 2. The first-order chi connectivity index (χ1) is 15.1. The van der Waals surface area contributed by atoms with Crippen molar-refractivity contribution in [1.29, 1.82) is 0 Å². The fourth-order valence-corrected chi connectivity index (χ4v) is 3.68. The second kappa shape index (κ2) is 13.4. The van der Waals surface area contributed by atoms with Gasteiger partial charge in [-0.2, -0.15) is 0 Å². The normalized spacial score (nSPS) is 26.4. The van der Waals surface area contributed by atoms with Gasteiger partial charge in [0.2, 0.25) is 17.6 Å². The van der Waals surface area contributed by atoms with Crippen LogP contribution >= 0.6 is 0 Å². The Bertz CT molecular complexity index is 797. The molecular weight excluding hydrogens is 447 g/mol. The molecule has 1 aliphatic rings. The van der Waals surface area contributed by atoms with Crippen molar-refractivity contribution < 1.29 is 73.8 Å². The summed E-state index contributed by atoms with van der Waals surface area (Å²) in [5, 5.41) is 46.6. The molecule has 5 N–H and O–H groups in total. The summed E-state index contributed by atoms with van der Waals surface area (Å²) in [6, 6.07) is 7.05. The van der Waals surface area contributed by atoms with Gasteiger partial charge in [-0.05, 0) is 12.0 Å². The van der Waals surface area contributed by atoms with Gasteiger partial charge in [0.1, 0.15) is 24.3 Å². The zero-order valence-corrected chi connectivity index (χ0v) is 20.9. The van der Waals surface area contributed by atoms with E-state index in [-0.39, 0.29) is 36.0 Å². The van der Waals surface area contributed by atoms with Crippen molar-refractivity contribution >= 4 is 17.8 Å². The van der Waals surface area contributed by atoms with E-state index < -0.39 is 67.0 Å². The standard InChI is InChI=1S/C21H30N2O9.Na/c1-12(25)22-17-14(23-16(27)9-8-13-6-4-3-5-7-13)10-21(31-2,20(29)30)32-19(17)18(28)15(26)11-24;/h3-7,14-15,17-19,24,26,28H,8-11H2,1-2H3,(H,22,25)(H,23,27)(H,29,30);/q;+1/p-1/t14-,15+,17+,18+,19+,21+;/m0./s1. The van der Waals surface area contributed by atoms with E-state index in [2.05, 4.69) is 10.6 Å². The van der Waals surface area contributed by atoms with Crippen molar-refractivity contribution in [1.82, 2.24) is 10.6 Å². The summed E-state index contributed by atoms with van der Waals surface area (Å²) >= 11 is 0. The number of ether oxygens (including phenoxy) is 2. The Morgan fingerprint density at radius 3 is 2.39 bits per heavy atom. The molecule has 0 saturated carbocycles. The number of carboxylic acids is 1. The molecular formula is C21H29N2NaO9. The van der Waals surface area contributed by atoms with E-state index in [1.807, 2.05) is 30.3 Å². The van der Waals surface area contributed by atoms with Crippen LogP contribution < -0.4 is 45.3 Å². The number of aliphatic hydroxyl groups excluding tert-OH is 3. The molecule has 1 fully saturated rings. The minimum Gasteiger partial charge on any atom is -0.544 e. The molecule has 0 aromatic heterocycles. The molecule has 2 rings (SSSR count). The third-order valence-electron chi connectivity index (χ3n) is 5.36. The van der Waals surface area contributed by atoms with Crippen LogP contribution in [-0.4, -0.2) is 83.0 Å². The number of aliphatic carboxylic acids is 1. The maximum absolute atomic E-state index is 12.6. The summed E-state index contributed by atoms with van der Waals surface area (Å²) in [5.74, 6) is -5.11. The van der Waals surface area contributed by atoms with E-state index in [9.17, 15) is 34.8 Å². The van der Waals surface area contributed by atoms with Gasteiger partial charge in [-0.1, -0.05) is 30.3 Å². The predicted octanol–water partition coefficient (Wildman–Crippen LogP) is -5.79. The van der Waals surface area contributed by atoms with Crippen molar-refractivity contribution in [2.75, 3.05) is 13.7 Å². The number of hydrogen-bond donors (Lipinski definition) is 5. The largest absolute Gasteiger partial charge is 1.00 e. The first-order valence-corrected chi connectivity index (χ1v) is 10.1. The van der Waals surface area contributed by atoms with Gasteiger partial charge in [-0.3, -0.25) is 9.59 Å². The fourth-order valence-electron chi connectivity index (χ4n) is 3.68. The number of nitrogens with one attached hydrogen (secondary N) is 2. The Kier molecular flexibility index (Phi) is 11.9. The van der Waals surface area contributed by atoms with Gasteiger partial charge in [0.15, 0.2) is 0 Å². The molecule has 1 aromatic carbocycles. The van der Waals surface area contributed by atoms with Gasteiger partial charge >= 0.3 is 29.6 Å².